The van der Waals surface area contributed by atoms with Gasteiger partial charge in [0, 0.05) is 17.6 Å². The fraction of sp³-hybridized carbons (Fsp3) is 0.538. The van der Waals surface area contributed by atoms with Gasteiger partial charge in [0.2, 0.25) is 0 Å². The molecule has 1 rings (SSSR count). The van der Waals surface area contributed by atoms with Crippen molar-refractivity contribution in [2.45, 2.75) is 13.5 Å². The van der Waals surface area contributed by atoms with Crippen molar-refractivity contribution in [1.82, 2.24) is 10.2 Å². The third-order valence-corrected chi connectivity index (χ3v) is 3.01. The molecule has 17 heavy (non-hydrogen) atoms. The molecule has 96 valence electrons. The van der Waals surface area contributed by atoms with Crippen molar-refractivity contribution < 1.29 is 4.39 Å². The standard InChI is InChI=1S/C13H20BrFN2/c1-10(7-16-2)8-17(3)9-11-4-12(14)6-13(15)5-11/h4-6,10,16H,7-9H2,1-3H3. The summed E-state index contributed by atoms with van der Waals surface area (Å²) in [6, 6.07) is 5.03. The average Bonchev–Trinajstić information content (AvgIpc) is 2.14. The second-order valence-corrected chi connectivity index (χ2v) is 5.55. The molecular weight excluding hydrogens is 283 g/mol. The van der Waals surface area contributed by atoms with Gasteiger partial charge >= 0.3 is 0 Å². The van der Waals surface area contributed by atoms with Crippen LogP contribution in [0.15, 0.2) is 22.7 Å². The van der Waals surface area contributed by atoms with Crippen LogP contribution in [0.1, 0.15) is 12.5 Å². The molecule has 0 aliphatic heterocycles. The highest BCUT2D eigenvalue weighted by molar-refractivity contribution is 9.10. The van der Waals surface area contributed by atoms with Crippen molar-refractivity contribution in [1.29, 1.82) is 0 Å². The molecule has 0 aromatic heterocycles. The fourth-order valence-corrected chi connectivity index (χ4v) is 2.54. The second-order valence-electron chi connectivity index (χ2n) is 4.64. The van der Waals surface area contributed by atoms with Crippen LogP contribution < -0.4 is 5.32 Å². The lowest BCUT2D eigenvalue weighted by atomic mass is 10.1. The van der Waals surface area contributed by atoms with Gasteiger partial charge in [-0.2, -0.15) is 0 Å². The van der Waals surface area contributed by atoms with Crippen molar-refractivity contribution in [3.05, 3.63) is 34.1 Å². The predicted molar refractivity (Wildman–Crippen MR) is 73.5 cm³/mol. The number of benzene rings is 1. The lowest BCUT2D eigenvalue weighted by Gasteiger charge is -2.21. The zero-order chi connectivity index (χ0) is 12.8. The van der Waals surface area contributed by atoms with Gasteiger partial charge in [0.05, 0.1) is 0 Å². The molecule has 1 aromatic rings. The molecule has 0 saturated heterocycles. The van der Waals surface area contributed by atoms with E-state index in [4.69, 9.17) is 0 Å². The van der Waals surface area contributed by atoms with Crippen LogP contribution >= 0.6 is 15.9 Å². The third kappa shape index (κ3) is 5.61. The molecule has 0 saturated carbocycles. The van der Waals surface area contributed by atoms with Gasteiger partial charge in [0.15, 0.2) is 0 Å². The van der Waals surface area contributed by atoms with E-state index in [1.807, 2.05) is 13.1 Å². The van der Waals surface area contributed by atoms with Crippen LogP contribution in [-0.2, 0) is 6.54 Å². The van der Waals surface area contributed by atoms with Gasteiger partial charge in [0.1, 0.15) is 5.82 Å². The molecule has 0 aliphatic rings. The molecule has 1 aromatic carbocycles. The summed E-state index contributed by atoms with van der Waals surface area (Å²) in [6.45, 7) is 4.96. The monoisotopic (exact) mass is 302 g/mol. The van der Waals surface area contributed by atoms with E-state index in [1.165, 1.54) is 6.07 Å². The van der Waals surface area contributed by atoms with Crippen molar-refractivity contribution >= 4 is 15.9 Å². The minimum absolute atomic E-state index is 0.189. The molecule has 0 heterocycles. The summed E-state index contributed by atoms with van der Waals surface area (Å²) in [4.78, 5) is 2.21. The quantitative estimate of drug-likeness (QED) is 0.869. The van der Waals surface area contributed by atoms with Gasteiger partial charge in [-0.15, -0.1) is 0 Å². The highest BCUT2D eigenvalue weighted by Gasteiger charge is 2.07. The van der Waals surface area contributed by atoms with E-state index in [9.17, 15) is 4.39 Å². The zero-order valence-electron chi connectivity index (χ0n) is 10.6. The summed E-state index contributed by atoms with van der Waals surface area (Å²) < 4.78 is 14.0. The molecule has 0 bridgehead atoms. The van der Waals surface area contributed by atoms with Crippen LogP contribution in [0.3, 0.4) is 0 Å². The van der Waals surface area contributed by atoms with Gasteiger partial charge in [-0.1, -0.05) is 22.9 Å². The summed E-state index contributed by atoms with van der Waals surface area (Å²) in [5.41, 5.74) is 0.996. The van der Waals surface area contributed by atoms with Crippen LogP contribution in [0, 0.1) is 11.7 Å². The molecule has 0 amide bonds. The Hall–Kier alpha value is -0.450. The lowest BCUT2D eigenvalue weighted by Crippen LogP contribution is -2.29. The maximum atomic E-state index is 13.2. The first kappa shape index (κ1) is 14.6. The number of nitrogens with one attached hydrogen (secondary N) is 1. The topological polar surface area (TPSA) is 15.3 Å². The summed E-state index contributed by atoms with van der Waals surface area (Å²) in [5, 5.41) is 3.16. The molecule has 1 unspecified atom stereocenters. The molecule has 1 N–H and O–H groups in total. The SMILES string of the molecule is CNCC(C)CN(C)Cc1cc(F)cc(Br)c1. The van der Waals surface area contributed by atoms with E-state index in [2.05, 4.69) is 40.1 Å². The van der Waals surface area contributed by atoms with Gasteiger partial charge in [0.25, 0.3) is 0 Å². The summed E-state index contributed by atoms with van der Waals surface area (Å²) in [6.07, 6.45) is 0. The van der Waals surface area contributed by atoms with E-state index in [1.54, 1.807) is 6.07 Å². The number of rotatable bonds is 6. The summed E-state index contributed by atoms with van der Waals surface area (Å²) in [5.74, 6) is 0.396. The first-order valence-electron chi connectivity index (χ1n) is 5.79. The van der Waals surface area contributed by atoms with Gasteiger partial charge in [-0.25, -0.2) is 4.39 Å². The Labute approximate surface area is 111 Å². The number of nitrogens with zero attached hydrogens (tertiary/aromatic N) is 1. The minimum atomic E-state index is -0.189. The Kier molecular flexibility index (Phi) is 6.09. The van der Waals surface area contributed by atoms with E-state index in [0.29, 0.717) is 5.92 Å². The van der Waals surface area contributed by atoms with Crippen LogP contribution in [-0.4, -0.2) is 32.1 Å². The van der Waals surface area contributed by atoms with Crippen molar-refractivity contribution in [3.8, 4) is 0 Å². The Bertz CT molecular complexity index is 337. The Balaban J connectivity index is 2.52. The Morgan fingerprint density at radius 1 is 1.41 bits per heavy atom. The van der Waals surface area contributed by atoms with Gasteiger partial charge < -0.3 is 10.2 Å². The summed E-state index contributed by atoms with van der Waals surface area (Å²) in [7, 11) is 4.02. The fourth-order valence-electron chi connectivity index (χ4n) is 2.02. The maximum absolute atomic E-state index is 13.2. The van der Waals surface area contributed by atoms with Gasteiger partial charge in [-0.05, 0) is 50.3 Å². The number of hydrogen-bond donors (Lipinski definition) is 1. The predicted octanol–water partition coefficient (Wildman–Crippen LogP) is 2.88. The van der Waals surface area contributed by atoms with Crippen LogP contribution in [0.25, 0.3) is 0 Å². The Morgan fingerprint density at radius 2 is 2.12 bits per heavy atom. The zero-order valence-corrected chi connectivity index (χ0v) is 12.2. The van der Waals surface area contributed by atoms with E-state index >= 15 is 0 Å². The molecule has 1 atom stereocenters. The molecular formula is C13H20BrFN2. The lowest BCUT2D eigenvalue weighted by molar-refractivity contribution is 0.276. The molecule has 0 spiro atoms. The van der Waals surface area contributed by atoms with Gasteiger partial charge in [-0.3, -0.25) is 0 Å². The van der Waals surface area contributed by atoms with Crippen molar-refractivity contribution in [3.63, 3.8) is 0 Å². The number of hydrogen-bond acceptors (Lipinski definition) is 2. The molecule has 0 fully saturated rings. The van der Waals surface area contributed by atoms with Crippen LogP contribution in [0.4, 0.5) is 4.39 Å². The normalized spacial score (nSPS) is 13.1. The highest BCUT2D eigenvalue weighted by atomic mass is 79.9. The first-order valence-corrected chi connectivity index (χ1v) is 6.58. The van der Waals surface area contributed by atoms with E-state index in [-0.39, 0.29) is 5.82 Å². The van der Waals surface area contributed by atoms with Crippen molar-refractivity contribution in [2.24, 2.45) is 5.92 Å². The highest BCUT2D eigenvalue weighted by Crippen LogP contribution is 2.16. The van der Waals surface area contributed by atoms with Crippen molar-refractivity contribution in [2.75, 3.05) is 27.2 Å². The largest absolute Gasteiger partial charge is 0.319 e. The van der Waals surface area contributed by atoms with E-state index in [0.717, 1.165) is 29.7 Å². The van der Waals surface area contributed by atoms with Crippen LogP contribution in [0.5, 0.6) is 0 Å². The molecule has 0 radical (unpaired) electrons. The second kappa shape index (κ2) is 7.09. The average molecular weight is 303 g/mol. The maximum Gasteiger partial charge on any atom is 0.124 e. The smallest absolute Gasteiger partial charge is 0.124 e. The molecule has 2 nitrogen and oxygen atoms in total. The minimum Gasteiger partial charge on any atom is -0.319 e. The first-order chi connectivity index (χ1) is 8.01. The molecule has 4 heteroatoms. The van der Waals surface area contributed by atoms with E-state index < -0.39 is 0 Å². The third-order valence-electron chi connectivity index (χ3n) is 2.55. The Morgan fingerprint density at radius 3 is 2.71 bits per heavy atom. The number of halogens is 2. The molecule has 0 aliphatic carbocycles. The summed E-state index contributed by atoms with van der Waals surface area (Å²) >= 11 is 3.31. The van der Waals surface area contributed by atoms with Crippen LogP contribution in [0.2, 0.25) is 0 Å².